The first-order valence-corrected chi connectivity index (χ1v) is 6.59. The van der Waals surface area contributed by atoms with Crippen LogP contribution in [-0.4, -0.2) is 0 Å². The van der Waals surface area contributed by atoms with Gasteiger partial charge in [-0.1, -0.05) is 59.1 Å². The van der Waals surface area contributed by atoms with E-state index in [9.17, 15) is 0 Å². The second-order valence-corrected chi connectivity index (χ2v) is 5.28. The molecule has 0 saturated carbocycles. The Hall–Kier alpha value is -0.950. The first-order chi connectivity index (χ1) is 8.56. The molecule has 0 atom stereocenters. The van der Waals surface area contributed by atoms with E-state index in [1.807, 2.05) is 43.3 Å². The van der Waals surface area contributed by atoms with Crippen LogP contribution in [0.25, 0.3) is 11.6 Å². The first kappa shape index (κ1) is 13.5. The smallest absolute Gasteiger partial charge is 0.0495 e. The summed E-state index contributed by atoms with van der Waals surface area (Å²) in [4.78, 5) is 0. The molecule has 18 heavy (non-hydrogen) atoms. The molecule has 0 aliphatic rings. The number of hydrogen-bond donors (Lipinski definition) is 0. The molecule has 0 aromatic heterocycles. The van der Waals surface area contributed by atoms with Crippen LogP contribution in [0.2, 0.25) is 15.1 Å². The van der Waals surface area contributed by atoms with Crippen LogP contribution in [0.3, 0.4) is 0 Å². The van der Waals surface area contributed by atoms with Gasteiger partial charge in [-0.2, -0.15) is 0 Å². The molecule has 0 spiro atoms. The molecule has 2 aromatic carbocycles. The van der Waals surface area contributed by atoms with Crippen LogP contribution in [0.1, 0.15) is 18.1 Å². The van der Waals surface area contributed by atoms with Crippen LogP contribution in [0.5, 0.6) is 0 Å². The molecule has 0 nitrogen and oxygen atoms in total. The minimum atomic E-state index is 0.642. The highest BCUT2D eigenvalue weighted by Gasteiger charge is 2.03. The largest absolute Gasteiger partial charge is 0.0843 e. The zero-order chi connectivity index (χ0) is 13.1. The monoisotopic (exact) mass is 296 g/mol. The average Bonchev–Trinajstić information content (AvgIpc) is 2.32. The molecule has 0 heterocycles. The van der Waals surface area contributed by atoms with Gasteiger partial charge in [0.05, 0.1) is 0 Å². The standard InChI is InChI=1S/C15H11Cl3/c1-10(8-11-2-4-12(16)5-3-11)14-7-6-13(17)9-15(14)18/h2-9H,1H3/b10-8-. The molecule has 0 unspecified atom stereocenters. The maximum atomic E-state index is 6.17. The Morgan fingerprint density at radius 2 is 1.50 bits per heavy atom. The number of hydrogen-bond acceptors (Lipinski definition) is 0. The average molecular weight is 298 g/mol. The Balaban J connectivity index is 2.35. The zero-order valence-electron chi connectivity index (χ0n) is 9.75. The van der Waals surface area contributed by atoms with E-state index < -0.39 is 0 Å². The van der Waals surface area contributed by atoms with E-state index >= 15 is 0 Å². The van der Waals surface area contributed by atoms with Crippen molar-refractivity contribution in [1.82, 2.24) is 0 Å². The van der Waals surface area contributed by atoms with Crippen LogP contribution in [0, 0.1) is 0 Å². The number of rotatable bonds is 2. The van der Waals surface area contributed by atoms with Crippen LogP contribution >= 0.6 is 34.8 Å². The van der Waals surface area contributed by atoms with Gasteiger partial charge in [-0.25, -0.2) is 0 Å². The van der Waals surface area contributed by atoms with Crippen molar-refractivity contribution < 1.29 is 0 Å². The molecular formula is C15H11Cl3. The summed E-state index contributed by atoms with van der Waals surface area (Å²) in [6, 6.07) is 13.2. The molecule has 3 heteroatoms. The molecule has 92 valence electrons. The van der Waals surface area contributed by atoms with Crippen molar-refractivity contribution in [2.45, 2.75) is 6.92 Å². The van der Waals surface area contributed by atoms with Crippen molar-refractivity contribution in [1.29, 1.82) is 0 Å². The van der Waals surface area contributed by atoms with Crippen molar-refractivity contribution in [3.63, 3.8) is 0 Å². The summed E-state index contributed by atoms with van der Waals surface area (Å²) in [6.07, 6.45) is 2.06. The van der Waals surface area contributed by atoms with Gasteiger partial charge in [-0.05, 0) is 47.9 Å². The lowest BCUT2D eigenvalue weighted by Gasteiger charge is -2.05. The second-order valence-electron chi connectivity index (χ2n) is 4.00. The van der Waals surface area contributed by atoms with Crippen molar-refractivity contribution in [3.8, 4) is 0 Å². The quantitative estimate of drug-likeness (QED) is 0.578. The summed E-state index contributed by atoms with van der Waals surface area (Å²) < 4.78 is 0. The summed E-state index contributed by atoms with van der Waals surface area (Å²) in [5.74, 6) is 0. The minimum Gasteiger partial charge on any atom is -0.0843 e. The predicted molar refractivity (Wildman–Crippen MR) is 81.5 cm³/mol. The minimum absolute atomic E-state index is 0.642. The van der Waals surface area contributed by atoms with Gasteiger partial charge in [0, 0.05) is 15.1 Å². The Morgan fingerprint density at radius 3 is 2.11 bits per heavy atom. The normalized spacial score (nSPS) is 11.7. The molecule has 0 aliphatic heterocycles. The zero-order valence-corrected chi connectivity index (χ0v) is 12.0. The van der Waals surface area contributed by atoms with Gasteiger partial charge in [0.15, 0.2) is 0 Å². The second kappa shape index (κ2) is 5.79. The summed E-state index contributed by atoms with van der Waals surface area (Å²) in [6.45, 7) is 2.02. The van der Waals surface area contributed by atoms with Gasteiger partial charge < -0.3 is 0 Å². The lowest BCUT2D eigenvalue weighted by Crippen LogP contribution is -1.82. The topological polar surface area (TPSA) is 0 Å². The third kappa shape index (κ3) is 3.29. The van der Waals surface area contributed by atoms with Gasteiger partial charge in [-0.3, -0.25) is 0 Å². The molecule has 0 aliphatic carbocycles. The molecule has 2 rings (SSSR count). The van der Waals surface area contributed by atoms with E-state index in [0.717, 1.165) is 21.7 Å². The molecule has 0 bridgehead atoms. The number of halogens is 3. The van der Waals surface area contributed by atoms with Gasteiger partial charge in [0.25, 0.3) is 0 Å². The SMILES string of the molecule is C/C(=C/c1ccc(Cl)cc1)c1ccc(Cl)cc1Cl. The summed E-state index contributed by atoms with van der Waals surface area (Å²) in [5, 5.41) is 2.03. The van der Waals surface area contributed by atoms with E-state index in [4.69, 9.17) is 34.8 Å². The highest BCUT2D eigenvalue weighted by Crippen LogP contribution is 2.28. The molecule has 2 aromatic rings. The first-order valence-electron chi connectivity index (χ1n) is 5.45. The third-order valence-electron chi connectivity index (χ3n) is 2.61. The van der Waals surface area contributed by atoms with Crippen molar-refractivity contribution in [2.75, 3.05) is 0 Å². The third-order valence-corrected chi connectivity index (χ3v) is 3.41. The van der Waals surface area contributed by atoms with Gasteiger partial charge in [0.2, 0.25) is 0 Å². The fourth-order valence-electron chi connectivity index (χ4n) is 1.70. The van der Waals surface area contributed by atoms with Crippen LogP contribution in [0.15, 0.2) is 42.5 Å². The fraction of sp³-hybridized carbons (Fsp3) is 0.0667. The molecule has 0 radical (unpaired) electrons. The molecule has 0 N–H and O–H groups in total. The molecule has 0 saturated heterocycles. The van der Waals surface area contributed by atoms with Gasteiger partial charge in [-0.15, -0.1) is 0 Å². The van der Waals surface area contributed by atoms with Crippen LogP contribution in [-0.2, 0) is 0 Å². The van der Waals surface area contributed by atoms with E-state index in [-0.39, 0.29) is 0 Å². The Bertz CT molecular complexity index is 583. The van der Waals surface area contributed by atoms with Crippen LogP contribution in [0.4, 0.5) is 0 Å². The molecule has 0 amide bonds. The maximum absolute atomic E-state index is 6.17. The van der Waals surface area contributed by atoms with E-state index in [0.29, 0.717) is 10.0 Å². The van der Waals surface area contributed by atoms with Crippen LogP contribution < -0.4 is 0 Å². The highest BCUT2D eigenvalue weighted by atomic mass is 35.5. The number of allylic oxidation sites excluding steroid dienone is 1. The Labute approximate surface area is 122 Å². The Morgan fingerprint density at radius 1 is 0.889 bits per heavy atom. The van der Waals surface area contributed by atoms with Crippen molar-refractivity contribution in [3.05, 3.63) is 68.7 Å². The summed E-state index contributed by atoms with van der Waals surface area (Å²) >= 11 is 17.9. The van der Waals surface area contributed by atoms with E-state index in [1.54, 1.807) is 6.07 Å². The lowest BCUT2D eigenvalue weighted by molar-refractivity contribution is 1.57. The van der Waals surface area contributed by atoms with Crippen molar-refractivity contribution >= 4 is 46.5 Å². The summed E-state index contributed by atoms with van der Waals surface area (Å²) in [7, 11) is 0. The fourth-order valence-corrected chi connectivity index (χ4v) is 2.38. The maximum Gasteiger partial charge on any atom is 0.0495 e. The summed E-state index contributed by atoms with van der Waals surface area (Å²) in [5.41, 5.74) is 3.15. The molecule has 0 fully saturated rings. The predicted octanol–water partition coefficient (Wildman–Crippen LogP) is 6.21. The molecular weight excluding hydrogens is 287 g/mol. The Kier molecular flexibility index (Phi) is 4.34. The van der Waals surface area contributed by atoms with Gasteiger partial charge >= 0.3 is 0 Å². The highest BCUT2D eigenvalue weighted by molar-refractivity contribution is 6.35. The van der Waals surface area contributed by atoms with E-state index in [2.05, 4.69) is 6.08 Å². The lowest BCUT2D eigenvalue weighted by atomic mass is 10.0. The van der Waals surface area contributed by atoms with Gasteiger partial charge in [0.1, 0.15) is 0 Å². The van der Waals surface area contributed by atoms with Crippen molar-refractivity contribution in [2.24, 2.45) is 0 Å². The number of benzene rings is 2. The van der Waals surface area contributed by atoms with E-state index in [1.165, 1.54) is 0 Å².